The molecule has 0 aliphatic carbocycles. The van der Waals surface area contributed by atoms with Crippen LogP contribution in [0.1, 0.15) is 11.4 Å². The molecule has 4 heterocycles. The van der Waals surface area contributed by atoms with Gasteiger partial charge in [0.25, 0.3) is 0 Å². The van der Waals surface area contributed by atoms with Gasteiger partial charge >= 0.3 is 0 Å². The Kier molecular flexibility index (Phi) is 3.21. The van der Waals surface area contributed by atoms with Crippen molar-refractivity contribution in [1.82, 2.24) is 29.0 Å². The first-order valence-corrected chi connectivity index (χ1v) is 8.93. The van der Waals surface area contributed by atoms with Crippen molar-refractivity contribution in [2.75, 3.05) is 0 Å². The van der Waals surface area contributed by atoms with E-state index >= 15 is 0 Å². The lowest BCUT2D eigenvalue weighted by Crippen LogP contribution is -1.98. The van der Waals surface area contributed by atoms with E-state index in [4.69, 9.17) is 4.98 Å². The van der Waals surface area contributed by atoms with E-state index in [-0.39, 0.29) is 0 Å². The smallest absolute Gasteiger partial charge is 0.233 e. The van der Waals surface area contributed by atoms with Crippen LogP contribution in [-0.4, -0.2) is 29.0 Å². The first kappa shape index (κ1) is 14.4. The lowest BCUT2D eigenvalue weighted by Gasteiger charge is -2.06. The molecule has 25 heavy (non-hydrogen) atoms. The summed E-state index contributed by atoms with van der Waals surface area (Å²) in [6.07, 6.45) is 5.70. The van der Waals surface area contributed by atoms with Crippen molar-refractivity contribution >= 4 is 34.0 Å². The Morgan fingerprint density at radius 3 is 2.96 bits per heavy atom. The summed E-state index contributed by atoms with van der Waals surface area (Å²) in [6.45, 7) is 2.00. The number of rotatable bonds is 3. The van der Waals surface area contributed by atoms with Gasteiger partial charge in [-0.25, -0.2) is 19.5 Å². The summed E-state index contributed by atoms with van der Waals surface area (Å²) in [6, 6.07) is 12.2. The highest BCUT2D eigenvalue weighted by Crippen LogP contribution is 2.27. The summed E-state index contributed by atoms with van der Waals surface area (Å²) in [5.74, 6) is 1.42. The van der Waals surface area contributed by atoms with Crippen LogP contribution in [0.25, 0.3) is 22.2 Å². The molecule has 0 radical (unpaired) electrons. The molecule has 6 nitrogen and oxygen atoms in total. The minimum absolute atomic E-state index is 0.711. The van der Waals surface area contributed by atoms with E-state index < -0.39 is 0 Å². The zero-order valence-corrected chi connectivity index (χ0v) is 14.3. The molecule has 0 amide bonds. The van der Waals surface area contributed by atoms with Crippen LogP contribution in [0.15, 0.2) is 60.1 Å². The Morgan fingerprint density at radius 2 is 2.04 bits per heavy atom. The van der Waals surface area contributed by atoms with Crippen LogP contribution >= 0.6 is 11.8 Å². The van der Waals surface area contributed by atoms with Gasteiger partial charge in [0.05, 0.1) is 22.4 Å². The van der Waals surface area contributed by atoms with Crippen molar-refractivity contribution in [3.05, 3.63) is 66.4 Å². The molecule has 5 rings (SSSR count). The number of thioether (sulfide) groups is 1. The number of aromatic nitrogens is 6. The van der Waals surface area contributed by atoms with Crippen molar-refractivity contribution in [1.29, 1.82) is 0 Å². The Labute approximate surface area is 147 Å². The van der Waals surface area contributed by atoms with Crippen molar-refractivity contribution in [3.8, 4) is 0 Å². The van der Waals surface area contributed by atoms with E-state index in [1.807, 2.05) is 52.5 Å². The molecule has 1 aromatic carbocycles. The highest BCUT2D eigenvalue weighted by molar-refractivity contribution is 7.98. The summed E-state index contributed by atoms with van der Waals surface area (Å²) < 4.78 is 3.85. The number of para-hydroxylation sites is 1. The molecule has 0 aliphatic heterocycles. The zero-order valence-electron chi connectivity index (χ0n) is 13.5. The van der Waals surface area contributed by atoms with E-state index in [9.17, 15) is 0 Å². The summed E-state index contributed by atoms with van der Waals surface area (Å²) in [7, 11) is 0. The standard InChI is InChI=1S/C18H14N6S/c1-12-9-16-14-5-2-3-6-15(14)21-18(24(16)22-12)25-11-13-10-23-8-4-7-19-17(23)20-13/h2-10H,11H2,1H3. The highest BCUT2D eigenvalue weighted by atomic mass is 32.2. The van der Waals surface area contributed by atoms with E-state index in [0.29, 0.717) is 11.5 Å². The average molecular weight is 346 g/mol. The molecule has 0 saturated heterocycles. The fraction of sp³-hybridized carbons (Fsp3) is 0.111. The van der Waals surface area contributed by atoms with Gasteiger partial charge in [0.1, 0.15) is 0 Å². The van der Waals surface area contributed by atoms with Gasteiger partial charge in [-0.2, -0.15) is 5.10 Å². The van der Waals surface area contributed by atoms with Crippen molar-refractivity contribution in [2.45, 2.75) is 17.8 Å². The monoisotopic (exact) mass is 346 g/mol. The second-order valence-electron chi connectivity index (χ2n) is 5.84. The Bertz CT molecular complexity index is 1190. The summed E-state index contributed by atoms with van der Waals surface area (Å²) in [5, 5.41) is 6.60. The maximum absolute atomic E-state index is 4.80. The fourth-order valence-electron chi connectivity index (χ4n) is 2.96. The lowest BCUT2D eigenvalue weighted by atomic mass is 10.2. The van der Waals surface area contributed by atoms with Crippen LogP contribution in [-0.2, 0) is 5.75 Å². The maximum Gasteiger partial charge on any atom is 0.233 e. The fourth-order valence-corrected chi connectivity index (χ4v) is 3.80. The quantitative estimate of drug-likeness (QED) is 0.369. The SMILES string of the molecule is Cc1cc2c3ccccc3nc(SCc3cn4cccnc4n3)n2n1. The molecule has 0 bridgehead atoms. The number of hydrogen-bond donors (Lipinski definition) is 0. The van der Waals surface area contributed by atoms with Gasteiger partial charge in [0.15, 0.2) is 5.16 Å². The van der Waals surface area contributed by atoms with Crippen LogP contribution < -0.4 is 0 Å². The molecule has 5 aromatic rings. The highest BCUT2D eigenvalue weighted by Gasteiger charge is 2.12. The minimum atomic E-state index is 0.711. The third kappa shape index (κ3) is 2.44. The number of imidazole rings is 1. The molecule has 0 aliphatic rings. The van der Waals surface area contributed by atoms with Gasteiger partial charge in [0.2, 0.25) is 5.78 Å². The number of nitrogens with zero attached hydrogens (tertiary/aromatic N) is 6. The number of hydrogen-bond acceptors (Lipinski definition) is 5. The molecule has 0 saturated carbocycles. The van der Waals surface area contributed by atoms with Crippen molar-refractivity contribution in [3.63, 3.8) is 0 Å². The largest absolute Gasteiger partial charge is 0.291 e. The molecular weight excluding hydrogens is 332 g/mol. The zero-order chi connectivity index (χ0) is 16.8. The first-order valence-electron chi connectivity index (χ1n) is 7.94. The Hall–Kier alpha value is -2.93. The Morgan fingerprint density at radius 1 is 1.12 bits per heavy atom. The molecule has 122 valence electrons. The van der Waals surface area contributed by atoms with Crippen LogP contribution in [0.3, 0.4) is 0 Å². The lowest BCUT2D eigenvalue weighted by molar-refractivity contribution is 0.797. The van der Waals surface area contributed by atoms with Crippen LogP contribution in [0.4, 0.5) is 0 Å². The summed E-state index contributed by atoms with van der Waals surface area (Å²) in [5.41, 5.74) is 4.02. The third-order valence-corrected chi connectivity index (χ3v) is 5.01. The molecule has 0 unspecified atom stereocenters. The predicted octanol–water partition coefficient (Wildman–Crippen LogP) is 3.53. The second kappa shape index (κ2) is 5.56. The first-order chi connectivity index (χ1) is 12.3. The number of benzene rings is 1. The maximum atomic E-state index is 4.80. The normalized spacial score (nSPS) is 11.7. The molecule has 0 fully saturated rings. The van der Waals surface area contributed by atoms with Gasteiger partial charge in [0, 0.05) is 29.7 Å². The van der Waals surface area contributed by atoms with E-state index in [2.05, 4.69) is 27.2 Å². The molecule has 4 aromatic heterocycles. The van der Waals surface area contributed by atoms with Crippen molar-refractivity contribution in [2.24, 2.45) is 0 Å². The van der Waals surface area contributed by atoms with E-state index in [1.165, 1.54) is 0 Å². The molecule has 0 N–H and O–H groups in total. The average Bonchev–Trinajstić information content (AvgIpc) is 3.22. The third-order valence-electron chi connectivity index (χ3n) is 4.04. The predicted molar refractivity (Wildman–Crippen MR) is 97.8 cm³/mol. The second-order valence-corrected chi connectivity index (χ2v) is 6.78. The molecule has 0 atom stereocenters. The van der Waals surface area contributed by atoms with E-state index in [1.54, 1.807) is 18.0 Å². The topological polar surface area (TPSA) is 60.4 Å². The molecule has 0 spiro atoms. The number of aryl methyl sites for hydroxylation is 1. The van der Waals surface area contributed by atoms with Gasteiger partial charge in [-0.15, -0.1) is 0 Å². The van der Waals surface area contributed by atoms with Crippen molar-refractivity contribution < 1.29 is 0 Å². The van der Waals surface area contributed by atoms with E-state index in [0.717, 1.165) is 33.0 Å². The summed E-state index contributed by atoms with van der Waals surface area (Å²) >= 11 is 1.63. The van der Waals surface area contributed by atoms with Crippen LogP contribution in [0, 0.1) is 6.92 Å². The summed E-state index contributed by atoms with van der Waals surface area (Å²) in [4.78, 5) is 13.6. The van der Waals surface area contributed by atoms with Crippen LogP contribution in [0.2, 0.25) is 0 Å². The minimum Gasteiger partial charge on any atom is -0.291 e. The molecule has 7 heteroatoms. The van der Waals surface area contributed by atoms with Gasteiger partial charge in [-0.05, 0) is 25.1 Å². The van der Waals surface area contributed by atoms with Gasteiger partial charge in [-0.1, -0.05) is 30.0 Å². The van der Waals surface area contributed by atoms with Crippen LogP contribution in [0.5, 0.6) is 0 Å². The number of fused-ring (bicyclic) bond motifs is 4. The Balaban J connectivity index is 1.57. The molecular formula is C18H14N6S. The van der Waals surface area contributed by atoms with Gasteiger partial charge < -0.3 is 0 Å². The van der Waals surface area contributed by atoms with Gasteiger partial charge in [-0.3, -0.25) is 4.40 Å².